The number of amides is 1. The van der Waals surface area contributed by atoms with Crippen molar-refractivity contribution in [2.75, 3.05) is 19.5 Å². The molecule has 1 aliphatic heterocycles. The maximum atomic E-state index is 13.2. The summed E-state index contributed by atoms with van der Waals surface area (Å²) in [4.78, 5) is 15.0. The van der Waals surface area contributed by atoms with Gasteiger partial charge in [0.1, 0.15) is 6.17 Å². The first-order valence-electron chi connectivity index (χ1n) is 8.61. The molecule has 26 heavy (non-hydrogen) atoms. The minimum absolute atomic E-state index is 0.00427. The van der Waals surface area contributed by atoms with Crippen LogP contribution in [-0.4, -0.2) is 31.1 Å². The Balaban J connectivity index is 2.13. The molecule has 0 spiro atoms. The third kappa shape index (κ3) is 3.07. The molecule has 2 aromatic carbocycles. The topological polar surface area (TPSA) is 50.8 Å². The molecule has 2 aromatic rings. The van der Waals surface area contributed by atoms with Crippen molar-refractivity contribution in [2.45, 2.75) is 32.5 Å². The Bertz CT molecular complexity index is 825. The Morgan fingerprint density at radius 3 is 2.62 bits per heavy atom. The van der Waals surface area contributed by atoms with Crippen LogP contribution in [0.2, 0.25) is 5.02 Å². The molecule has 0 radical (unpaired) electrons. The molecule has 0 saturated carbocycles. The first-order chi connectivity index (χ1) is 12.5. The monoisotopic (exact) mass is 374 g/mol. The number of hydrogen-bond donors (Lipinski definition) is 1. The van der Waals surface area contributed by atoms with Crippen LogP contribution in [0.15, 0.2) is 36.4 Å². The van der Waals surface area contributed by atoms with Gasteiger partial charge in [0.25, 0.3) is 5.91 Å². The Labute approximate surface area is 158 Å². The van der Waals surface area contributed by atoms with Crippen LogP contribution in [0.1, 0.15) is 42.4 Å². The van der Waals surface area contributed by atoms with Crippen LogP contribution >= 0.6 is 11.6 Å². The van der Waals surface area contributed by atoms with Crippen LogP contribution in [0.4, 0.5) is 5.69 Å². The smallest absolute Gasteiger partial charge is 0.258 e. The summed E-state index contributed by atoms with van der Waals surface area (Å²) in [5.74, 6) is 1.02. The van der Waals surface area contributed by atoms with Gasteiger partial charge in [-0.1, -0.05) is 30.7 Å². The van der Waals surface area contributed by atoms with Gasteiger partial charge in [0, 0.05) is 17.3 Å². The summed E-state index contributed by atoms with van der Waals surface area (Å²) in [6, 6.07) is 11.3. The zero-order valence-corrected chi connectivity index (χ0v) is 16.1. The number of halogens is 1. The zero-order valence-electron chi connectivity index (χ0n) is 15.4. The largest absolute Gasteiger partial charge is 0.493 e. The molecule has 5 nitrogen and oxygen atoms in total. The molecule has 0 aliphatic carbocycles. The minimum atomic E-state index is -0.343. The highest BCUT2D eigenvalue weighted by atomic mass is 35.5. The number of carbonyl (C=O) groups is 1. The van der Waals surface area contributed by atoms with Gasteiger partial charge in [0.05, 0.1) is 24.8 Å². The van der Waals surface area contributed by atoms with Gasteiger partial charge >= 0.3 is 0 Å². The average molecular weight is 375 g/mol. The quantitative estimate of drug-likeness (QED) is 0.822. The number of methoxy groups -OCH3 is 2. The van der Waals surface area contributed by atoms with E-state index < -0.39 is 0 Å². The molecule has 0 fully saturated rings. The molecule has 0 saturated heterocycles. The lowest BCUT2D eigenvalue weighted by atomic mass is 10.0. The number of carbonyl (C=O) groups excluding carboxylic acids is 1. The standard InChI is InChI=1S/C20H23ClN2O3/c1-5-12(2)23-19(22-16-9-7-6-8-14(16)20(23)24)13-10-15(21)18(26-4)17(11-13)25-3/h6-12,19,22H,5H2,1-4H3/t12-,19+/m1/s1. The van der Waals surface area contributed by atoms with Gasteiger partial charge in [-0.25, -0.2) is 0 Å². The number of para-hydroxylation sites is 1. The SMILES string of the molecule is CC[C@@H](C)N1C(=O)c2ccccc2N[C@@H]1c1cc(Cl)c(OC)c(OC)c1. The summed E-state index contributed by atoms with van der Waals surface area (Å²) in [5.41, 5.74) is 2.33. The Kier molecular flexibility index (Phi) is 5.28. The molecule has 1 heterocycles. The van der Waals surface area contributed by atoms with Crippen molar-refractivity contribution in [3.05, 3.63) is 52.5 Å². The molecule has 0 aromatic heterocycles. The third-order valence-corrected chi connectivity index (χ3v) is 5.08. The Morgan fingerprint density at radius 2 is 1.96 bits per heavy atom. The molecule has 138 valence electrons. The Hall–Kier alpha value is -2.40. The fraction of sp³-hybridized carbons (Fsp3) is 0.350. The number of ether oxygens (including phenoxy) is 2. The van der Waals surface area contributed by atoms with Gasteiger partial charge in [-0.15, -0.1) is 0 Å². The number of nitrogens with zero attached hydrogens (tertiary/aromatic N) is 1. The predicted octanol–water partition coefficient (Wildman–Crippen LogP) is 4.72. The van der Waals surface area contributed by atoms with E-state index in [1.165, 1.54) is 0 Å². The third-order valence-electron chi connectivity index (χ3n) is 4.80. The van der Waals surface area contributed by atoms with Gasteiger partial charge in [0.15, 0.2) is 11.5 Å². The number of nitrogens with one attached hydrogen (secondary N) is 1. The number of benzene rings is 2. The van der Waals surface area contributed by atoms with Gasteiger partial charge in [-0.3, -0.25) is 4.79 Å². The molecular weight excluding hydrogens is 352 g/mol. The van der Waals surface area contributed by atoms with Crippen LogP contribution in [0.3, 0.4) is 0 Å². The molecule has 0 unspecified atom stereocenters. The molecule has 1 amide bonds. The fourth-order valence-electron chi connectivity index (χ4n) is 3.26. The van der Waals surface area contributed by atoms with Gasteiger partial charge in [-0.2, -0.15) is 0 Å². The first kappa shape index (κ1) is 18.4. The van der Waals surface area contributed by atoms with Crippen molar-refractivity contribution in [3.8, 4) is 11.5 Å². The predicted molar refractivity (Wildman–Crippen MR) is 103 cm³/mol. The van der Waals surface area contributed by atoms with Crippen molar-refractivity contribution in [1.29, 1.82) is 0 Å². The second-order valence-electron chi connectivity index (χ2n) is 6.30. The van der Waals surface area contributed by atoms with E-state index in [-0.39, 0.29) is 18.1 Å². The van der Waals surface area contributed by atoms with Gasteiger partial charge in [0.2, 0.25) is 0 Å². The summed E-state index contributed by atoms with van der Waals surface area (Å²) < 4.78 is 10.8. The summed E-state index contributed by atoms with van der Waals surface area (Å²) in [6.07, 6.45) is 0.497. The van der Waals surface area contributed by atoms with E-state index in [0.29, 0.717) is 22.1 Å². The zero-order chi connectivity index (χ0) is 18.8. The van der Waals surface area contributed by atoms with E-state index in [9.17, 15) is 4.79 Å². The molecule has 3 rings (SSSR count). The second-order valence-corrected chi connectivity index (χ2v) is 6.71. The molecular formula is C20H23ClN2O3. The van der Waals surface area contributed by atoms with E-state index in [4.69, 9.17) is 21.1 Å². The van der Waals surface area contributed by atoms with E-state index in [2.05, 4.69) is 12.2 Å². The second kappa shape index (κ2) is 7.46. The summed E-state index contributed by atoms with van der Waals surface area (Å²) in [6.45, 7) is 4.11. The minimum Gasteiger partial charge on any atom is -0.493 e. The van der Waals surface area contributed by atoms with Gasteiger partial charge < -0.3 is 19.7 Å². The maximum absolute atomic E-state index is 13.2. The van der Waals surface area contributed by atoms with Crippen molar-refractivity contribution < 1.29 is 14.3 Å². The van der Waals surface area contributed by atoms with Crippen LogP contribution in [-0.2, 0) is 0 Å². The summed E-state index contributed by atoms with van der Waals surface area (Å²) in [5, 5.41) is 3.92. The number of rotatable bonds is 5. The van der Waals surface area contributed by atoms with E-state index in [0.717, 1.165) is 17.7 Å². The van der Waals surface area contributed by atoms with Crippen LogP contribution < -0.4 is 14.8 Å². The van der Waals surface area contributed by atoms with E-state index >= 15 is 0 Å². The van der Waals surface area contributed by atoms with Crippen molar-refractivity contribution in [3.63, 3.8) is 0 Å². The Morgan fingerprint density at radius 1 is 1.23 bits per heavy atom. The number of anilines is 1. The average Bonchev–Trinajstić information content (AvgIpc) is 2.66. The van der Waals surface area contributed by atoms with E-state index in [1.807, 2.05) is 48.2 Å². The number of hydrogen-bond acceptors (Lipinski definition) is 4. The van der Waals surface area contributed by atoms with Gasteiger partial charge in [-0.05, 0) is 37.6 Å². The molecule has 1 aliphatic rings. The molecule has 1 N–H and O–H groups in total. The lowest BCUT2D eigenvalue weighted by Gasteiger charge is -2.41. The molecule has 2 atom stereocenters. The van der Waals surface area contributed by atoms with E-state index in [1.54, 1.807) is 14.2 Å². The van der Waals surface area contributed by atoms with Crippen molar-refractivity contribution in [1.82, 2.24) is 4.90 Å². The first-order valence-corrected chi connectivity index (χ1v) is 8.99. The van der Waals surface area contributed by atoms with Crippen LogP contribution in [0, 0.1) is 0 Å². The fourth-order valence-corrected chi connectivity index (χ4v) is 3.56. The normalized spacial score (nSPS) is 17.3. The molecule has 6 heteroatoms. The highest BCUT2D eigenvalue weighted by molar-refractivity contribution is 6.32. The highest BCUT2D eigenvalue weighted by Gasteiger charge is 2.36. The van der Waals surface area contributed by atoms with Crippen LogP contribution in [0.5, 0.6) is 11.5 Å². The number of fused-ring (bicyclic) bond motifs is 1. The summed E-state index contributed by atoms with van der Waals surface area (Å²) >= 11 is 6.39. The highest BCUT2D eigenvalue weighted by Crippen LogP contribution is 2.41. The van der Waals surface area contributed by atoms with Crippen LogP contribution in [0.25, 0.3) is 0 Å². The summed E-state index contributed by atoms with van der Waals surface area (Å²) in [7, 11) is 3.12. The van der Waals surface area contributed by atoms with Crippen molar-refractivity contribution >= 4 is 23.2 Å². The lowest BCUT2D eigenvalue weighted by Crippen LogP contribution is -2.47. The lowest BCUT2D eigenvalue weighted by molar-refractivity contribution is 0.0593. The van der Waals surface area contributed by atoms with Crippen molar-refractivity contribution in [2.24, 2.45) is 0 Å². The molecule has 0 bridgehead atoms. The maximum Gasteiger partial charge on any atom is 0.258 e.